The number of nitrogens with one attached hydrogen (secondary N) is 1. The summed E-state index contributed by atoms with van der Waals surface area (Å²) in [5.41, 5.74) is -4.41. The van der Waals surface area contributed by atoms with Gasteiger partial charge in [-0.25, -0.2) is 13.1 Å². The van der Waals surface area contributed by atoms with Gasteiger partial charge in [-0.3, -0.25) is 9.78 Å². The van der Waals surface area contributed by atoms with Crippen LogP contribution in [0.2, 0.25) is 0 Å². The van der Waals surface area contributed by atoms with Crippen LogP contribution >= 0.6 is 15.9 Å². The molecule has 0 spiro atoms. The summed E-state index contributed by atoms with van der Waals surface area (Å²) in [6.07, 6.45) is 1.89. The molecule has 1 aliphatic heterocycles. The summed E-state index contributed by atoms with van der Waals surface area (Å²) in [5, 5.41) is 0.605. The standard InChI is InChI=1S/C15H13BrF3N3O3S/c16-9-1-2-13-12(7-9)11(3-5-20-13)14(23)22-6-4-10(22)8-21-26(24,25)15(17,18)19/h1-3,5,7,10,21H,4,6,8H2. The Morgan fingerprint density at radius 1 is 1.35 bits per heavy atom. The first kappa shape index (κ1) is 19.1. The van der Waals surface area contributed by atoms with Crippen LogP contribution in [0.15, 0.2) is 34.9 Å². The van der Waals surface area contributed by atoms with Gasteiger partial charge in [0.1, 0.15) is 0 Å². The van der Waals surface area contributed by atoms with Crippen molar-refractivity contribution in [2.45, 2.75) is 18.0 Å². The molecule has 6 nitrogen and oxygen atoms in total. The Morgan fingerprint density at radius 2 is 2.08 bits per heavy atom. The average molecular weight is 452 g/mol. The fourth-order valence-corrected chi connectivity index (χ4v) is 3.60. The zero-order valence-corrected chi connectivity index (χ0v) is 15.5. The number of rotatable bonds is 4. The van der Waals surface area contributed by atoms with E-state index in [1.54, 1.807) is 18.2 Å². The van der Waals surface area contributed by atoms with E-state index in [2.05, 4.69) is 20.9 Å². The van der Waals surface area contributed by atoms with Gasteiger partial charge in [-0.15, -0.1) is 0 Å². The van der Waals surface area contributed by atoms with Gasteiger partial charge in [-0.1, -0.05) is 15.9 Å². The van der Waals surface area contributed by atoms with Crippen LogP contribution in [0.4, 0.5) is 13.2 Å². The number of pyridine rings is 1. The highest BCUT2D eigenvalue weighted by Gasteiger charge is 2.46. The molecular weight excluding hydrogens is 439 g/mol. The Bertz CT molecular complexity index is 965. The number of hydrogen-bond acceptors (Lipinski definition) is 4. The number of sulfonamides is 1. The molecule has 140 valence electrons. The zero-order chi connectivity index (χ0) is 19.1. The van der Waals surface area contributed by atoms with E-state index in [4.69, 9.17) is 0 Å². The molecule has 1 aliphatic rings. The van der Waals surface area contributed by atoms with Gasteiger partial charge in [0.05, 0.1) is 11.1 Å². The first-order valence-electron chi connectivity index (χ1n) is 7.51. The first-order valence-corrected chi connectivity index (χ1v) is 9.79. The van der Waals surface area contributed by atoms with Crippen LogP contribution in [0.3, 0.4) is 0 Å². The Balaban J connectivity index is 1.78. The molecule has 3 rings (SSSR count). The molecule has 1 aromatic heterocycles. The van der Waals surface area contributed by atoms with E-state index in [1.165, 1.54) is 21.9 Å². The zero-order valence-electron chi connectivity index (χ0n) is 13.1. The molecule has 1 unspecified atom stereocenters. The summed E-state index contributed by atoms with van der Waals surface area (Å²) in [7, 11) is -5.43. The SMILES string of the molecule is O=C(c1ccnc2ccc(Br)cc12)N1CCC1CNS(=O)(=O)C(F)(F)F. The Hall–Kier alpha value is -1.72. The number of fused-ring (bicyclic) bond motifs is 1. The summed E-state index contributed by atoms with van der Waals surface area (Å²) < 4.78 is 61.7. The van der Waals surface area contributed by atoms with Crippen LogP contribution in [-0.4, -0.2) is 48.8 Å². The third-order valence-electron chi connectivity index (χ3n) is 4.15. The minimum absolute atomic E-state index is 0.342. The van der Waals surface area contributed by atoms with E-state index >= 15 is 0 Å². The Labute approximate surface area is 155 Å². The second kappa shape index (κ2) is 6.78. The van der Waals surface area contributed by atoms with Gasteiger partial charge in [-0.2, -0.15) is 13.2 Å². The van der Waals surface area contributed by atoms with Crippen molar-refractivity contribution in [2.24, 2.45) is 0 Å². The van der Waals surface area contributed by atoms with Gasteiger partial charge in [-0.05, 0) is 30.7 Å². The van der Waals surface area contributed by atoms with Crippen LogP contribution in [0.1, 0.15) is 16.8 Å². The van der Waals surface area contributed by atoms with Crippen molar-refractivity contribution < 1.29 is 26.4 Å². The van der Waals surface area contributed by atoms with Crippen molar-refractivity contribution in [1.82, 2.24) is 14.6 Å². The van der Waals surface area contributed by atoms with E-state index in [9.17, 15) is 26.4 Å². The topological polar surface area (TPSA) is 79.4 Å². The van der Waals surface area contributed by atoms with Crippen LogP contribution in [0, 0.1) is 0 Å². The normalized spacial score (nSPS) is 18.0. The van der Waals surface area contributed by atoms with E-state index in [0.29, 0.717) is 29.4 Å². The minimum atomic E-state index is -5.43. The number of carbonyl (C=O) groups is 1. The van der Waals surface area contributed by atoms with Gasteiger partial charge in [0, 0.05) is 35.2 Å². The van der Waals surface area contributed by atoms with Crippen LogP contribution in [-0.2, 0) is 10.0 Å². The number of aromatic nitrogens is 1. The Kier molecular flexibility index (Phi) is 4.97. The number of hydrogen-bond donors (Lipinski definition) is 1. The highest BCUT2D eigenvalue weighted by atomic mass is 79.9. The predicted octanol–water partition coefficient (Wildman–Crippen LogP) is 2.65. The quantitative estimate of drug-likeness (QED) is 0.774. The van der Waals surface area contributed by atoms with Gasteiger partial charge in [0.15, 0.2) is 0 Å². The van der Waals surface area contributed by atoms with Crippen LogP contribution in [0.25, 0.3) is 10.9 Å². The lowest BCUT2D eigenvalue weighted by atomic mass is 10.00. The molecule has 0 aliphatic carbocycles. The molecule has 1 N–H and O–H groups in total. The van der Waals surface area contributed by atoms with Crippen LogP contribution in [0.5, 0.6) is 0 Å². The predicted molar refractivity (Wildman–Crippen MR) is 91.9 cm³/mol. The van der Waals surface area contributed by atoms with Gasteiger partial charge >= 0.3 is 15.5 Å². The molecule has 11 heteroatoms. The number of nitrogens with zero attached hydrogens (tertiary/aromatic N) is 2. The molecule has 1 saturated heterocycles. The van der Waals surface area contributed by atoms with E-state index < -0.39 is 28.1 Å². The number of halogens is 4. The largest absolute Gasteiger partial charge is 0.511 e. The first-order chi connectivity index (χ1) is 12.1. The van der Waals surface area contributed by atoms with E-state index in [-0.39, 0.29) is 5.91 Å². The van der Waals surface area contributed by atoms with Gasteiger partial charge in [0.2, 0.25) is 0 Å². The summed E-state index contributed by atoms with van der Waals surface area (Å²) in [6, 6.07) is 6.15. The molecule has 0 radical (unpaired) electrons. The second-order valence-electron chi connectivity index (χ2n) is 5.76. The Morgan fingerprint density at radius 3 is 2.69 bits per heavy atom. The molecule has 1 aromatic carbocycles. The minimum Gasteiger partial charge on any atom is -0.334 e. The molecule has 1 amide bonds. The molecule has 1 fully saturated rings. The highest BCUT2D eigenvalue weighted by molar-refractivity contribution is 9.10. The van der Waals surface area contributed by atoms with Gasteiger partial charge in [0.25, 0.3) is 5.91 Å². The molecule has 2 heterocycles. The average Bonchev–Trinajstić information content (AvgIpc) is 2.52. The fourth-order valence-electron chi connectivity index (χ4n) is 2.67. The maximum atomic E-state index is 12.8. The van der Waals surface area contributed by atoms with Crippen molar-refractivity contribution >= 4 is 42.8 Å². The molecule has 2 aromatic rings. The summed E-state index contributed by atoms with van der Waals surface area (Å²) in [5.74, 6) is -0.377. The van der Waals surface area contributed by atoms with Crippen molar-refractivity contribution in [2.75, 3.05) is 13.1 Å². The summed E-state index contributed by atoms with van der Waals surface area (Å²) in [6.45, 7) is -0.143. The monoisotopic (exact) mass is 451 g/mol. The third-order valence-corrected chi connectivity index (χ3v) is 5.80. The number of carbonyl (C=O) groups excluding carboxylic acids is 1. The van der Waals surface area contributed by atoms with Crippen molar-refractivity contribution in [3.63, 3.8) is 0 Å². The third kappa shape index (κ3) is 3.55. The maximum Gasteiger partial charge on any atom is 0.511 e. The smallest absolute Gasteiger partial charge is 0.334 e. The fraction of sp³-hybridized carbons (Fsp3) is 0.333. The van der Waals surface area contributed by atoms with Crippen molar-refractivity contribution in [1.29, 1.82) is 0 Å². The van der Waals surface area contributed by atoms with E-state index in [1.807, 2.05) is 0 Å². The number of alkyl halides is 3. The summed E-state index contributed by atoms with van der Waals surface area (Å²) in [4.78, 5) is 18.3. The molecule has 0 bridgehead atoms. The lowest BCUT2D eigenvalue weighted by Gasteiger charge is -2.41. The second-order valence-corrected chi connectivity index (χ2v) is 8.43. The molecule has 26 heavy (non-hydrogen) atoms. The van der Waals surface area contributed by atoms with Crippen LogP contribution < -0.4 is 4.72 Å². The number of likely N-dealkylation sites (tertiary alicyclic amines) is 1. The maximum absolute atomic E-state index is 12.8. The lowest BCUT2D eigenvalue weighted by molar-refractivity contribution is -0.0450. The number of benzene rings is 1. The van der Waals surface area contributed by atoms with Crippen molar-refractivity contribution in [3.05, 3.63) is 40.5 Å². The summed E-state index contributed by atoms with van der Waals surface area (Å²) >= 11 is 3.32. The van der Waals surface area contributed by atoms with Crippen molar-refractivity contribution in [3.8, 4) is 0 Å². The molecule has 0 saturated carbocycles. The molecule has 1 atom stereocenters. The van der Waals surface area contributed by atoms with Gasteiger partial charge < -0.3 is 4.90 Å². The molecular formula is C15H13BrF3N3O3S. The number of amides is 1. The lowest BCUT2D eigenvalue weighted by Crippen LogP contribution is -2.56. The highest BCUT2D eigenvalue weighted by Crippen LogP contribution is 2.27. The van der Waals surface area contributed by atoms with E-state index in [0.717, 1.165) is 4.47 Å².